The first-order valence-electron chi connectivity index (χ1n) is 9.64. The van der Waals surface area contributed by atoms with Gasteiger partial charge in [0.1, 0.15) is 0 Å². The summed E-state index contributed by atoms with van der Waals surface area (Å²) in [5.41, 5.74) is 5.12. The molecule has 4 aromatic rings. The lowest BCUT2D eigenvalue weighted by atomic mass is 9.81. The van der Waals surface area contributed by atoms with Crippen LogP contribution in [0.5, 0.6) is 0 Å². The van der Waals surface area contributed by atoms with Crippen LogP contribution in [0.25, 0.3) is 38.2 Å². The maximum Gasteiger partial charge on any atom is 0.346 e. The second kappa shape index (κ2) is 5.74. The zero-order valence-corrected chi connectivity index (χ0v) is 15.8. The third-order valence-corrected chi connectivity index (χ3v) is 6.05. The number of rotatable bonds is 1. The summed E-state index contributed by atoms with van der Waals surface area (Å²) in [5, 5.41) is 3.27. The maximum atomic E-state index is 12.6. The van der Waals surface area contributed by atoms with Gasteiger partial charge in [0.15, 0.2) is 5.78 Å². The first-order valence-corrected chi connectivity index (χ1v) is 9.64. The van der Waals surface area contributed by atoms with Crippen LogP contribution in [-0.4, -0.2) is 17.7 Å². The van der Waals surface area contributed by atoms with Crippen LogP contribution in [-0.2, 0) is 4.74 Å². The van der Waals surface area contributed by atoms with Crippen LogP contribution >= 0.6 is 0 Å². The molecule has 0 radical (unpaired) electrons. The first kappa shape index (κ1) is 16.9. The Labute approximate surface area is 171 Å². The molecule has 0 atom stereocenters. The molecule has 0 spiro atoms. The quantitative estimate of drug-likeness (QED) is 0.315. The predicted molar refractivity (Wildman–Crippen MR) is 115 cm³/mol. The zero-order valence-electron chi connectivity index (χ0n) is 15.8. The van der Waals surface area contributed by atoms with Crippen LogP contribution in [0.1, 0.15) is 43.1 Å². The van der Waals surface area contributed by atoms with Crippen LogP contribution in [0.15, 0.2) is 67.2 Å². The Hall–Kier alpha value is -4.05. The molecule has 4 nitrogen and oxygen atoms in total. The van der Waals surface area contributed by atoms with Gasteiger partial charge in [-0.15, -0.1) is 0 Å². The van der Waals surface area contributed by atoms with Crippen molar-refractivity contribution in [2.75, 3.05) is 0 Å². The van der Waals surface area contributed by atoms with Gasteiger partial charge in [-0.3, -0.25) is 4.79 Å². The van der Waals surface area contributed by atoms with Gasteiger partial charge < -0.3 is 4.74 Å². The Morgan fingerprint density at radius 1 is 0.600 bits per heavy atom. The van der Waals surface area contributed by atoms with E-state index in [1.165, 1.54) is 0 Å². The highest BCUT2D eigenvalue weighted by molar-refractivity contribution is 6.25. The van der Waals surface area contributed by atoms with E-state index in [0.717, 1.165) is 38.4 Å². The highest BCUT2D eigenvalue weighted by Crippen LogP contribution is 2.42. The average molecular weight is 390 g/mol. The number of Topliss-reactive ketones (excluding diaryl/α,β-unsaturated/α-hetero) is 1. The van der Waals surface area contributed by atoms with Crippen molar-refractivity contribution in [1.82, 2.24) is 0 Å². The average Bonchev–Trinajstić information content (AvgIpc) is 2.75. The number of carbonyl (C=O) groups is 3. The minimum atomic E-state index is -0.631. The summed E-state index contributed by atoms with van der Waals surface area (Å²) >= 11 is 0. The van der Waals surface area contributed by atoms with Gasteiger partial charge in [-0.2, -0.15) is 0 Å². The second-order valence-corrected chi connectivity index (χ2v) is 7.66. The molecule has 0 aromatic heterocycles. The van der Waals surface area contributed by atoms with Crippen LogP contribution < -0.4 is 0 Å². The molecular weight excluding hydrogens is 376 g/mol. The summed E-state index contributed by atoms with van der Waals surface area (Å²) in [6, 6.07) is 18.7. The van der Waals surface area contributed by atoms with E-state index in [-0.39, 0.29) is 5.78 Å². The molecule has 0 saturated carbocycles. The van der Waals surface area contributed by atoms with Crippen molar-refractivity contribution in [1.29, 1.82) is 0 Å². The Kier molecular flexibility index (Phi) is 3.22. The van der Waals surface area contributed by atoms with Gasteiger partial charge in [0.2, 0.25) is 0 Å². The number of carbonyl (C=O) groups excluding carboxylic acids is 3. The van der Waals surface area contributed by atoms with E-state index in [1.807, 2.05) is 42.5 Å². The lowest BCUT2D eigenvalue weighted by Gasteiger charge is -2.22. The summed E-state index contributed by atoms with van der Waals surface area (Å²) < 4.78 is 4.87. The van der Waals surface area contributed by atoms with Crippen molar-refractivity contribution in [2.45, 2.75) is 6.42 Å². The molecule has 0 fully saturated rings. The molecule has 0 bridgehead atoms. The molecule has 0 unspecified atom stereocenters. The molecule has 142 valence electrons. The largest absolute Gasteiger partial charge is 0.386 e. The van der Waals surface area contributed by atoms with E-state index in [0.29, 0.717) is 28.5 Å². The number of allylic oxidation sites excluding steroid dienone is 1. The predicted octanol–water partition coefficient (Wildman–Crippen LogP) is 5.57. The molecule has 4 aromatic carbocycles. The van der Waals surface area contributed by atoms with Gasteiger partial charge in [-0.1, -0.05) is 55.1 Å². The summed E-state index contributed by atoms with van der Waals surface area (Å²) in [4.78, 5) is 37.1. The van der Waals surface area contributed by atoms with Crippen LogP contribution in [0.4, 0.5) is 0 Å². The van der Waals surface area contributed by atoms with Gasteiger partial charge in [-0.05, 0) is 45.2 Å². The molecule has 1 aliphatic carbocycles. The third kappa shape index (κ3) is 2.08. The van der Waals surface area contributed by atoms with Crippen LogP contribution in [0.2, 0.25) is 0 Å². The summed E-state index contributed by atoms with van der Waals surface area (Å²) in [6.45, 7) is 4.09. The van der Waals surface area contributed by atoms with Gasteiger partial charge >= 0.3 is 11.9 Å². The fourth-order valence-corrected chi connectivity index (χ4v) is 4.73. The number of esters is 2. The molecule has 1 aliphatic heterocycles. The van der Waals surface area contributed by atoms with E-state index < -0.39 is 11.9 Å². The molecule has 6 rings (SSSR count). The fraction of sp³-hybridized carbons (Fsp3) is 0.0385. The topological polar surface area (TPSA) is 60.4 Å². The minimum absolute atomic E-state index is 0.0699. The van der Waals surface area contributed by atoms with Crippen LogP contribution in [0.3, 0.4) is 0 Å². The standard InChI is InChI=1S/C26H14O4/c1-13-12-22(27)19-6-2-4-17-15(9-8-14(13)23(17)19)16-10-11-21-24-18(16)5-3-7-20(24)25(28)30-26(21)29/h2-11H,1,12H2. The summed E-state index contributed by atoms with van der Waals surface area (Å²) in [5.74, 6) is -1.19. The van der Waals surface area contributed by atoms with Crippen molar-refractivity contribution in [2.24, 2.45) is 0 Å². The van der Waals surface area contributed by atoms with Gasteiger partial charge in [0, 0.05) is 22.8 Å². The zero-order chi connectivity index (χ0) is 20.6. The fourth-order valence-electron chi connectivity index (χ4n) is 4.73. The van der Waals surface area contributed by atoms with Crippen molar-refractivity contribution in [3.63, 3.8) is 0 Å². The highest BCUT2D eigenvalue weighted by atomic mass is 16.6. The highest BCUT2D eigenvalue weighted by Gasteiger charge is 2.29. The van der Waals surface area contributed by atoms with E-state index in [4.69, 9.17) is 4.74 Å². The van der Waals surface area contributed by atoms with Crippen molar-refractivity contribution in [3.8, 4) is 11.1 Å². The molecule has 4 heteroatoms. The Balaban J connectivity index is 1.74. The Morgan fingerprint density at radius 3 is 1.77 bits per heavy atom. The Morgan fingerprint density at radius 2 is 1.10 bits per heavy atom. The van der Waals surface area contributed by atoms with Gasteiger partial charge in [0.25, 0.3) is 0 Å². The number of ketones is 1. The van der Waals surface area contributed by atoms with Gasteiger partial charge in [0.05, 0.1) is 11.1 Å². The van der Waals surface area contributed by atoms with Gasteiger partial charge in [-0.25, -0.2) is 9.59 Å². The van der Waals surface area contributed by atoms with Crippen molar-refractivity contribution >= 4 is 44.8 Å². The molecule has 0 N–H and O–H groups in total. The van der Waals surface area contributed by atoms with E-state index in [9.17, 15) is 14.4 Å². The minimum Gasteiger partial charge on any atom is -0.386 e. The third-order valence-electron chi connectivity index (χ3n) is 6.05. The lowest BCUT2D eigenvalue weighted by Crippen LogP contribution is -2.19. The molecule has 0 saturated heterocycles. The van der Waals surface area contributed by atoms with Crippen molar-refractivity contribution < 1.29 is 19.1 Å². The van der Waals surface area contributed by atoms with E-state index in [2.05, 4.69) is 6.58 Å². The molecular formula is C26H14O4. The monoisotopic (exact) mass is 390 g/mol. The maximum absolute atomic E-state index is 12.6. The summed E-state index contributed by atoms with van der Waals surface area (Å²) in [7, 11) is 0. The first-order chi connectivity index (χ1) is 14.5. The van der Waals surface area contributed by atoms with E-state index >= 15 is 0 Å². The molecule has 30 heavy (non-hydrogen) atoms. The SMILES string of the molecule is C=C1CC(=O)c2cccc3c(-c4ccc5c6c(cccc46)C(=O)OC5=O)ccc1c23. The molecule has 2 aliphatic rings. The number of benzene rings is 4. The normalized spacial score (nSPS) is 15.1. The Bertz CT molecular complexity index is 1350. The van der Waals surface area contributed by atoms with Crippen LogP contribution in [0, 0.1) is 0 Å². The summed E-state index contributed by atoms with van der Waals surface area (Å²) in [6.07, 6.45) is 0.330. The van der Waals surface area contributed by atoms with Crippen molar-refractivity contribution in [3.05, 3.63) is 89.5 Å². The molecule has 1 heterocycles. The lowest BCUT2D eigenvalue weighted by molar-refractivity contribution is 0.0391. The molecule has 0 amide bonds. The number of ether oxygens (including phenoxy) is 1. The second-order valence-electron chi connectivity index (χ2n) is 7.66. The number of hydrogen-bond donors (Lipinski definition) is 0. The van der Waals surface area contributed by atoms with E-state index in [1.54, 1.807) is 18.2 Å². The smallest absolute Gasteiger partial charge is 0.346 e. The number of hydrogen-bond acceptors (Lipinski definition) is 4. The number of cyclic esters (lactones) is 2.